The van der Waals surface area contributed by atoms with E-state index in [1.165, 1.54) is 38.5 Å². The van der Waals surface area contributed by atoms with Gasteiger partial charge in [0.1, 0.15) is 0 Å². The quantitative estimate of drug-likeness (QED) is 0.914. The normalized spacial score (nSPS) is 23.2. The van der Waals surface area contributed by atoms with Crippen molar-refractivity contribution in [2.75, 3.05) is 13.1 Å². The van der Waals surface area contributed by atoms with Gasteiger partial charge in [-0.3, -0.25) is 9.69 Å². The molecule has 1 aliphatic carbocycles. The van der Waals surface area contributed by atoms with Gasteiger partial charge in [-0.05, 0) is 49.8 Å². The van der Waals surface area contributed by atoms with Crippen LogP contribution in [0.4, 0.5) is 0 Å². The summed E-state index contributed by atoms with van der Waals surface area (Å²) >= 11 is 0. The molecule has 114 valence electrons. The van der Waals surface area contributed by atoms with Crippen molar-refractivity contribution in [3.05, 3.63) is 35.9 Å². The van der Waals surface area contributed by atoms with Gasteiger partial charge in [0.2, 0.25) is 0 Å². The fraction of sp³-hybridized carbons (Fsp3) is 0.611. The van der Waals surface area contributed by atoms with Crippen LogP contribution in [0.3, 0.4) is 0 Å². The van der Waals surface area contributed by atoms with E-state index in [2.05, 4.69) is 17.0 Å². The van der Waals surface area contributed by atoms with Crippen LogP contribution in [0.25, 0.3) is 0 Å². The maximum Gasteiger partial charge on any atom is 0.305 e. The topological polar surface area (TPSA) is 40.5 Å². The molecule has 1 aliphatic heterocycles. The monoisotopic (exact) mass is 287 g/mol. The highest BCUT2D eigenvalue weighted by molar-refractivity contribution is 5.68. The number of likely N-dealkylation sites (tertiary alicyclic amines) is 1. The molecule has 2 aliphatic rings. The number of carboxylic acids is 1. The van der Waals surface area contributed by atoms with Gasteiger partial charge in [0.05, 0.1) is 6.42 Å². The molecular formula is C18H25NO2. The zero-order valence-corrected chi connectivity index (χ0v) is 12.6. The number of hydrogen-bond acceptors (Lipinski definition) is 2. The third kappa shape index (κ3) is 3.29. The van der Waals surface area contributed by atoms with E-state index in [0.717, 1.165) is 18.7 Å². The Balaban J connectivity index is 1.71. The first-order chi connectivity index (χ1) is 10.2. The van der Waals surface area contributed by atoms with Crippen LogP contribution in [0, 0.1) is 5.41 Å². The van der Waals surface area contributed by atoms with Crippen LogP contribution in [0.2, 0.25) is 0 Å². The van der Waals surface area contributed by atoms with E-state index in [0.29, 0.717) is 5.41 Å². The van der Waals surface area contributed by atoms with E-state index in [-0.39, 0.29) is 12.5 Å². The van der Waals surface area contributed by atoms with Crippen molar-refractivity contribution in [1.82, 2.24) is 4.90 Å². The summed E-state index contributed by atoms with van der Waals surface area (Å²) in [6.45, 7) is 2.10. The average Bonchev–Trinajstić information content (AvgIpc) is 2.95. The van der Waals surface area contributed by atoms with E-state index in [1.807, 2.05) is 18.2 Å². The second kappa shape index (κ2) is 6.18. The summed E-state index contributed by atoms with van der Waals surface area (Å²) in [6.07, 6.45) is 8.24. The summed E-state index contributed by atoms with van der Waals surface area (Å²) in [5.41, 5.74) is 1.73. The number of aliphatic carboxylic acids is 1. The van der Waals surface area contributed by atoms with Crippen molar-refractivity contribution in [2.24, 2.45) is 5.41 Å². The predicted octanol–water partition coefficient (Wildman–Crippen LogP) is 3.86. The first-order valence-electron chi connectivity index (χ1n) is 8.19. The summed E-state index contributed by atoms with van der Waals surface area (Å²) in [4.78, 5) is 13.6. The van der Waals surface area contributed by atoms with E-state index in [4.69, 9.17) is 0 Å². The Bertz CT molecular complexity index is 469. The fourth-order valence-corrected chi connectivity index (χ4v) is 4.23. The summed E-state index contributed by atoms with van der Waals surface area (Å²) < 4.78 is 0. The second-order valence-corrected chi connectivity index (χ2v) is 6.77. The van der Waals surface area contributed by atoms with Crippen LogP contribution in [0.15, 0.2) is 30.3 Å². The molecule has 0 amide bonds. The molecule has 21 heavy (non-hydrogen) atoms. The molecule has 0 bridgehead atoms. The number of benzene rings is 1. The molecule has 1 spiro atoms. The minimum atomic E-state index is -0.704. The molecule has 1 atom stereocenters. The lowest BCUT2D eigenvalue weighted by atomic mass is 9.76. The van der Waals surface area contributed by atoms with Gasteiger partial charge < -0.3 is 5.11 Å². The number of nitrogens with zero attached hydrogens (tertiary/aromatic N) is 1. The van der Waals surface area contributed by atoms with E-state index < -0.39 is 5.97 Å². The average molecular weight is 287 g/mol. The van der Waals surface area contributed by atoms with Gasteiger partial charge >= 0.3 is 5.97 Å². The Hall–Kier alpha value is -1.35. The lowest BCUT2D eigenvalue weighted by molar-refractivity contribution is -0.138. The summed E-state index contributed by atoms with van der Waals surface area (Å²) in [6, 6.07) is 10.2. The molecule has 3 heteroatoms. The van der Waals surface area contributed by atoms with Crippen LogP contribution in [-0.2, 0) is 4.79 Å². The Morgan fingerprint density at radius 3 is 2.29 bits per heavy atom. The summed E-state index contributed by atoms with van der Waals surface area (Å²) in [5, 5.41) is 9.25. The number of rotatable bonds is 4. The molecule has 0 radical (unpaired) electrons. The van der Waals surface area contributed by atoms with Crippen molar-refractivity contribution < 1.29 is 9.90 Å². The minimum absolute atomic E-state index is 0.0300. The van der Waals surface area contributed by atoms with Crippen molar-refractivity contribution in [2.45, 2.75) is 51.0 Å². The maximum absolute atomic E-state index is 11.2. The summed E-state index contributed by atoms with van der Waals surface area (Å²) in [5.74, 6) is -0.704. The van der Waals surface area contributed by atoms with Crippen LogP contribution < -0.4 is 0 Å². The standard InChI is InChI=1S/C18H25NO2/c20-17(21)14-16(15-6-2-1-3-7-15)19-12-10-18(11-13-19)8-4-5-9-18/h1-3,6-7,16H,4-5,8-14H2,(H,20,21). The summed E-state index contributed by atoms with van der Waals surface area (Å²) in [7, 11) is 0. The first-order valence-corrected chi connectivity index (χ1v) is 8.19. The maximum atomic E-state index is 11.2. The largest absolute Gasteiger partial charge is 0.481 e. The van der Waals surface area contributed by atoms with Gasteiger partial charge in [-0.25, -0.2) is 0 Å². The zero-order chi connectivity index (χ0) is 14.7. The molecule has 1 unspecified atom stereocenters. The molecule has 3 nitrogen and oxygen atoms in total. The molecule has 1 saturated heterocycles. The van der Waals surface area contributed by atoms with Crippen LogP contribution in [0.1, 0.15) is 56.6 Å². The minimum Gasteiger partial charge on any atom is -0.481 e. The number of carbonyl (C=O) groups is 1. The van der Waals surface area contributed by atoms with Crippen molar-refractivity contribution in [3.63, 3.8) is 0 Å². The van der Waals surface area contributed by atoms with Gasteiger partial charge in [-0.15, -0.1) is 0 Å². The lowest BCUT2D eigenvalue weighted by Crippen LogP contribution is -2.41. The molecular weight excluding hydrogens is 262 g/mol. The Labute approximate surface area is 127 Å². The van der Waals surface area contributed by atoms with Crippen LogP contribution in [-0.4, -0.2) is 29.1 Å². The molecule has 1 N–H and O–H groups in total. The molecule has 0 aromatic heterocycles. The Kier molecular flexibility index (Phi) is 4.29. The fourth-order valence-electron chi connectivity index (χ4n) is 4.23. The van der Waals surface area contributed by atoms with Gasteiger partial charge in [-0.1, -0.05) is 43.2 Å². The highest BCUT2D eigenvalue weighted by Gasteiger charge is 2.38. The predicted molar refractivity (Wildman–Crippen MR) is 83.1 cm³/mol. The Morgan fingerprint density at radius 1 is 1.10 bits per heavy atom. The number of carboxylic acid groups (broad SMARTS) is 1. The molecule has 1 aromatic carbocycles. The lowest BCUT2D eigenvalue weighted by Gasteiger charge is -2.42. The molecule has 1 aromatic rings. The van der Waals surface area contributed by atoms with Gasteiger partial charge in [0.15, 0.2) is 0 Å². The Morgan fingerprint density at radius 2 is 1.71 bits per heavy atom. The van der Waals surface area contributed by atoms with Crippen molar-refractivity contribution in [1.29, 1.82) is 0 Å². The van der Waals surface area contributed by atoms with Crippen molar-refractivity contribution in [3.8, 4) is 0 Å². The van der Waals surface area contributed by atoms with Crippen molar-refractivity contribution >= 4 is 5.97 Å². The third-order valence-corrected chi connectivity index (χ3v) is 5.52. The number of hydrogen-bond donors (Lipinski definition) is 1. The first kappa shape index (κ1) is 14.6. The zero-order valence-electron chi connectivity index (χ0n) is 12.6. The molecule has 2 fully saturated rings. The van der Waals surface area contributed by atoms with Crippen LogP contribution >= 0.6 is 0 Å². The van der Waals surface area contributed by atoms with Gasteiger partial charge in [-0.2, -0.15) is 0 Å². The molecule has 1 heterocycles. The van der Waals surface area contributed by atoms with E-state index >= 15 is 0 Å². The SMILES string of the molecule is O=C(O)CC(c1ccccc1)N1CCC2(CCCC2)CC1. The van der Waals surface area contributed by atoms with Gasteiger partial charge in [0.25, 0.3) is 0 Å². The highest BCUT2D eigenvalue weighted by atomic mass is 16.4. The third-order valence-electron chi connectivity index (χ3n) is 5.52. The molecule has 1 saturated carbocycles. The molecule has 3 rings (SSSR count). The van der Waals surface area contributed by atoms with E-state index in [9.17, 15) is 9.90 Å². The van der Waals surface area contributed by atoms with Crippen LogP contribution in [0.5, 0.6) is 0 Å². The van der Waals surface area contributed by atoms with E-state index in [1.54, 1.807) is 0 Å². The highest BCUT2D eigenvalue weighted by Crippen LogP contribution is 2.47. The van der Waals surface area contributed by atoms with Gasteiger partial charge in [0, 0.05) is 6.04 Å². The smallest absolute Gasteiger partial charge is 0.305 e. The second-order valence-electron chi connectivity index (χ2n) is 6.77. The number of piperidine rings is 1.